The van der Waals surface area contributed by atoms with Crippen LogP contribution in [0.15, 0.2) is 35.2 Å². The van der Waals surface area contributed by atoms with E-state index >= 15 is 0 Å². The van der Waals surface area contributed by atoms with E-state index in [1.807, 2.05) is 33.2 Å². The van der Waals surface area contributed by atoms with Crippen molar-refractivity contribution in [2.24, 2.45) is 0 Å². The smallest absolute Gasteiger partial charge is 0.410 e. The number of ether oxygens (including phenoxy) is 1. The molecule has 2 aromatic rings. The molecule has 0 unspecified atom stereocenters. The molecule has 0 spiro atoms. The molecule has 0 N–H and O–H groups in total. The molecule has 0 fully saturated rings. The van der Waals surface area contributed by atoms with Gasteiger partial charge in [0.2, 0.25) is 0 Å². The minimum Gasteiger partial charge on any atom is -0.444 e. The van der Waals surface area contributed by atoms with Crippen LogP contribution in [0.3, 0.4) is 0 Å². The third-order valence-electron chi connectivity index (χ3n) is 3.72. The molecule has 1 aliphatic rings. The number of nitrogens with zero attached hydrogens (tertiary/aromatic N) is 3. The Labute approximate surface area is 144 Å². The van der Waals surface area contributed by atoms with Crippen molar-refractivity contribution in [3.05, 3.63) is 40.9 Å². The van der Waals surface area contributed by atoms with Gasteiger partial charge in [-0.25, -0.2) is 4.79 Å². The predicted octanol–water partition coefficient (Wildman–Crippen LogP) is 4.12. The molecule has 0 bridgehead atoms. The fraction of sp³-hybridized carbons (Fsp3) is 0.412. The van der Waals surface area contributed by atoms with Crippen molar-refractivity contribution in [3.8, 4) is 0 Å². The van der Waals surface area contributed by atoms with Gasteiger partial charge in [-0.1, -0.05) is 6.08 Å². The zero-order valence-electron chi connectivity index (χ0n) is 13.5. The van der Waals surface area contributed by atoms with Gasteiger partial charge in [-0.05, 0) is 54.8 Å². The first-order chi connectivity index (χ1) is 10.8. The second kappa shape index (κ2) is 6.00. The summed E-state index contributed by atoms with van der Waals surface area (Å²) < 4.78 is 8.57. The Morgan fingerprint density at radius 2 is 2.17 bits per heavy atom. The number of aromatic nitrogens is 2. The highest BCUT2D eigenvalue weighted by Crippen LogP contribution is 2.30. The van der Waals surface area contributed by atoms with Crippen molar-refractivity contribution in [2.45, 2.75) is 32.8 Å². The van der Waals surface area contributed by atoms with Gasteiger partial charge >= 0.3 is 6.09 Å². The largest absolute Gasteiger partial charge is 0.444 e. The fourth-order valence-electron chi connectivity index (χ4n) is 2.65. The molecule has 0 aliphatic carbocycles. The summed E-state index contributed by atoms with van der Waals surface area (Å²) in [6.45, 7) is 6.88. The van der Waals surface area contributed by atoms with Gasteiger partial charge in [0.1, 0.15) is 5.60 Å². The number of carbonyl (C=O) groups excluding carboxylic acids is 1. The maximum atomic E-state index is 12.1. The number of amides is 1. The number of fused-ring (bicyclic) bond motifs is 1. The average Bonchev–Trinajstić information content (AvgIpc) is 2.83. The zero-order chi connectivity index (χ0) is 16.6. The van der Waals surface area contributed by atoms with E-state index in [1.54, 1.807) is 11.1 Å². The summed E-state index contributed by atoms with van der Waals surface area (Å²) in [5.74, 6) is 0. The minimum absolute atomic E-state index is 0.252. The third kappa shape index (κ3) is 3.42. The summed E-state index contributed by atoms with van der Waals surface area (Å²) in [7, 11) is 0. The number of carbonyl (C=O) groups is 1. The molecule has 0 atom stereocenters. The summed E-state index contributed by atoms with van der Waals surface area (Å²) in [4.78, 5) is 18.0. The van der Waals surface area contributed by atoms with Crippen LogP contribution in [-0.4, -0.2) is 39.1 Å². The lowest BCUT2D eigenvalue weighted by molar-refractivity contribution is 0.0270. The van der Waals surface area contributed by atoms with Crippen LogP contribution in [0.25, 0.3) is 11.1 Å². The second-order valence-corrected chi connectivity index (χ2v) is 7.47. The number of rotatable bonds is 1. The SMILES string of the molecule is CC(C)(C)OC(=O)N1CC=C(c2cc(Br)c3cnccn23)CC1. The van der Waals surface area contributed by atoms with Gasteiger partial charge in [0, 0.05) is 35.6 Å². The zero-order valence-corrected chi connectivity index (χ0v) is 15.1. The van der Waals surface area contributed by atoms with Crippen LogP contribution in [0.4, 0.5) is 4.79 Å². The van der Waals surface area contributed by atoms with Gasteiger partial charge < -0.3 is 14.0 Å². The molecule has 3 heterocycles. The number of hydrogen-bond acceptors (Lipinski definition) is 3. The summed E-state index contributed by atoms with van der Waals surface area (Å²) in [5, 5.41) is 0. The number of halogens is 1. The van der Waals surface area contributed by atoms with E-state index in [1.165, 1.54) is 5.57 Å². The van der Waals surface area contributed by atoms with Crippen LogP contribution in [0.5, 0.6) is 0 Å². The van der Waals surface area contributed by atoms with Crippen molar-refractivity contribution in [1.82, 2.24) is 14.3 Å². The van der Waals surface area contributed by atoms with Gasteiger partial charge in [0.05, 0.1) is 11.7 Å². The number of hydrogen-bond donors (Lipinski definition) is 0. The Hall–Kier alpha value is -1.82. The van der Waals surface area contributed by atoms with E-state index in [-0.39, 0.29) is 6.09 Å². The molecule has 23 heavy (non-hydrogen) atoms. The van der Waals surface area contributed by atoms with Crippen LogP contribution in [0.2, 0.25) is 0 Å². The topological polar surface area (TPSA) is 46.8 Å². The molecule has 0 aromatic carbocycles. The molecule has 0 radical (unpaired) electrons. The molecule has 6 heteroatoms. The van der Waals surface area contributed by atoms with E-state index < -0.39 is 5.60 Å². The lowest BCUT2D eigenvalue weighted by atomic mass is 10.1. The summed E-state index contributed by atoms with van der Waals surface area (Å²) in [5.41, 5.74) is 2.95. The van der Waals surface area contributed by atoms with Crippen molar-refractivity contribution in [2.75, 3.05) is 13.1 Å². The first-order valence-corrected chi connectivity index (χ1v) is 8.42. The molecule has 3 rings (SSSR count). The van der Waals surface area contributed by atoms with E-state index in [2.05, 4.69) is 37.5 Å². The van der Waals surface area contributed by atoms with Gasteiger partial charge in [0.25, 0.3) is 0 Å². The fourth-order valence-corrected chi connectivity index (χ4v) is 3.16. The van der Waals surface area contributed by atoms with Gasteiger partial charge in [-0.15, -0.1) is 0 Å². The summed E-state index contributed by atoms with van der Waals surface area (Å²) in [6, 6.07) is 2.10. The Kier molecular flexibility index (Phi) is 4.19. The van der Waals surface area contributed by atoms with Crippen LogP contribution in [0, 0.1) is 0 Å². The minimum atomic E-state index is -0.462. The van der Waals surface area contributed by atoms with Crippen molar-refractivity contribution < 1.29 is 9.53 Å². The molecule has 5 nitrogen and oxygen atoms in total. The molecule has 122 valence electrons. The van der Waals surface area contributed by atoms with Crippen LogP contribution >= 0.6 is 15.9 Å². The standard InChI is InChI=1S/C17H20BrN3O2/c1-17(2,3)23-16(22)20-7-4-12(5-8-20)14-10-13(18)15-11-19-6-9-21(14)15/h4,6,9-11H,5,7-8H2,1-3H3. The molecule has 0 saturated heterocycles. The molecule has 1 amide bonds. The quantitative estimate of drug-likeness (QED) is 0.750. The monoisotopic (exact) mass is 377 g/mol. The lowest BCUT2D eigenvalue weighted by Crippen LogP contribution is -2.39. The Bertz CT molecular complexity index is 774. The first kappa shape index (κ1) is 16.1. The average molecular weight is 378 g/mol. The molecule has 2 aromatic heterocycles. The second-order valence-electron chi connectivity index (χ2n) is 6.61. The Morgan fingerprint density at radius 1 is 1.39 bits per heavy atom. The van der Waals surface area contributed by atoms with Crippen LogP contribution < -0.4 is 0 Å². The summed E-state index contributed by atoms with van der Waals surface area (Å²) in [6.07, 6.45) is 8.22. The van der Waals surface area contributed by atoms with E-state index in [0.29, 0.717) is 13.1 Å². The third-order valence-corrected chi connectivity index (χ3v) is 4.35. The highest BCUT2D eigenvalue weighted by atomic mass is 79.9. The van der Waals surface area contributed by atoms with Gasteiger partial charge in [-0.3, -0.25) is 4.98 Å². The van der Waals surface area contributed by atoms with E-state index in [4.69, 9.17) is 4.74 Å². The molecule has 1 aliphatic heterocycles. The maximum Gasteiger partial charge on any atom is 0.410 e. The van der Waals surface area contributed by atoms with Gasteiger partial charge in [-0.2, -0.15) is 0 Å². The molecule has 0 saturated carbocycles. The Morgan fingerprint density at radius 3 is 2.83 bits per heavy atom. The first-order valence-electron chi connectivity index (χ1n) is 7.63. The van der Waals surface area contributed by atoms with E-state index in [0.717, 1.165) is 22.1 Å². The highest BCUT2D eigenvalue weighted by molar-refractivity contribution is 9.10. The van der Waals surface area contributed by atoms with Gasteiger partial charge in [0.15, 0.2) is 0 Å². The Balaban J connectivity index is 1.80. The highest BCUT2D eigenvalue weighted by Gasteiger charge is 2.24. The van der Waals surface area contributed by atoms with Crippen LogP contribution in [0.1, 0.15) is 32.9 Å². The normalized spacial score (nSPS) is 15.7. The molecular weight excluding hydrogens is 358 g/mol. The summed E-state index contributed by atoms with van der Waals surface area (Å²) >= 11 is 3.58. The van der Waals surface area contributed by atoms with Crippen molar-refractivity contribution in [3.63, 3.8) is 0 Å². The van der Waals surface area contributed by atoms with E-state index in [9.17, 15) is 4.79 Å². The van der Waals surface area contributed by atoms with Crippen molar-refractivity contribution in [1.29, 1.82) is 0 Å². The predicted molar refractivity (Wildman–Crippen MR) is 93.3 cm³/mol. The molecular formula is C17H20BrN3O2. The lowest BCUT2D eigenvalue weighted by Gasteiger charge is -2.29. The van der Waals surface area contributed by atoms with Crippen molar-refractivity contribution >= 4 is 33.1 Å². The maximum absolute atomic E-state index is 12.1. The van der Waals surface area contributed by atoms with Crippen LogP contribution in [-0.2, 0) is 4.74 Å².